The van der Waals surface area contributed by atoms with E-state index in [1.165, 1.54) is 6.07 Å². The molecule has 0 fully saturated rings. The summed E-state index contributed by atoms with van der Waals surface area (Å²) in [5.74, 6) is 1.05. The number of ether oxygens (including phenoxy) is 2. The van der Waals surface area contributed by atoms with Crippen LogP contribution in [0.25, 0.3) is 0 Å². The number of hydrogen-bond acceptors (Lipinski definition) is 2. The molecule has 0 aliphatic rings. The van der Waals surface area contributed by atoms with E-state index in [4.69, 9.17) is 21.1 Å². The molecule has 1 unspecified atom stereocenters. The van der Waals surface area contributed by atoms with Gasteiger partial charge in [0, 0.05) is 0 Å². The summed E-state index contributed by atoms with van der Waals surface area (Å²) in [5, 5.41) is -0.332. The van der Waals surface area contributed by atoms with Gasteiger partial charge < -0.3 is 9.47 Å². The van der Waals surface area contributed by atoms with E-state index < -0.39 is 0 Å². The molecule has 2 aromatic carbocycles. The van der Waals surface area contributed by atoms with Crippen LogP contribution in [0.15, 0.2) is 36.4 Å². The van der Waals surface area contributed by atoms with Crippen molar-refractivity contribution < 1.29 is 13.9 Å². The fourth-order valence-corrected chi connectivity index (χ4v) is 2.70. The highest BCUT2D eigenvalue weighted by Crippen LogP contribution is 2.36. The average molecular weight is 309 g/mol. The third-order valence-corrected chi connectivity index (χ3v) is 3.86. The van der Waals surface area contributed by atoms with Crippen molar-refractivity contribution in [2.45, 2.75) is 18.7 Å². The minimum Gasteiger partial charge on any atom is -0.493 e. The fourth-order valence-electron chi connectivity index (χ4n) is 2.30. The van der Waals surface area contributed by atoms with E-state index in [2.05, 4.69) is 0 Å². The first-order valence-corrected chi connectivity index (χ1v) is 7.10. The number of benzene rings is 2. The molecule has 0 heterocycles. The smallest absolute Gasteiger partial charge is 0.161 e. The van der Waals surface area contributed by atoms with Crippen LogP contribution in [0.3, 0.4) is 0 Å². The molecule has 0 N–H and O–H groups in total. The second-order valence-electron chi connectivity index (χ2n) is 4.83. The van der Waals surface area contributed by atoms with Crippen molar-refractivity contribution in [3.05, 3.63) is 58.9 Å². The number of aryl methyl sites for hydroxylation is 1. The Balaban J connectivity index is 2.31. The largest absolute Gasteiger partial charge is 0.493 e. The molecule has 0 aliphatic heterocycles. The fraction of sp³-hybridized carbons (Fsp3) is 0.294. The lowest BCUT2D eigenvalue weighted by Crippen LogP contribution is -2.02. The number of methoxy groups -OCH3 is 2. The van der Waals surface area contributed by atoms with Crippen LogP contribution in [0, 0.1) is 12.7 Å². The lowest BCUT2D eigenvalue weighted by molar-refractivity contribution is 0.354. The van der Waals surface area contributed by atoms with Crippen molar-refractivity contribution in [3.63, 3.8) is 0 Å². The monoisotopic (exact) mass is 308 g/mol. The summed E-state index contributed by atoms with van der Waals surface area (Å²) in [7, 11) is 3.17. The van der Waals surface area contributed by atoms with Crippen LogP contribution < -0.4 is 9.47 Å². The maximum atomic E-state index is 13.7. The van der Waals surface area contributed by atoms with Crippen LogP contribution in [-0.4, -0.2) is 14.2 Å². The summed E-state index contributed by atoms with van der Waals surface area (Å²) in [6.07, 6.45) is 0.421. The molecule has 2 rings (SSSR count). The predicted molar refractivity (Wildman–Crippen MR) is 83.0 cm³/mol. The molecule has 1 atom stereocenters. The van der Waals surface area contributed by atoms with Crippen molar-refractivity contribution >= 4 is 11.6 Å². The van der Waals surface area contributed by atoms with E-state index in [9.17, 15) is 4.39 Å². The van der Waals surface area contributed by atoms with Gasteiger partial charge in [-0.25, -0.2) is 4.39 Å². The van der Waals surface area contributed by atoms with Gasteiger partial charge in [0.25, 0.3) is 0 Å². The van der Waals surface area contributed by atoms with E-state index in [-0.39, 0.29) is 11.2 Å². The molecule has 2 nitrogen and oxygen atoms in total. The van der Waals surface area contributed by atoms with Crippen LogP contribution in [-0.2, 0) is 6.42 Å². The maximum Gasteiger partial charge on any atom is 0.161 e. The molecule has 0 radical (unpaired) electrons. The van der Waals surface area contributed by atoms with Crippen molar-refractivity contribution in [3.8, 4) is 11.5 Å². The van der Waals surface area contributed by atoms with Crippen LogP contribution in [0.4, 0.5) is 4.39 Å². The van der Waals surface area contributed by atoms with Gasteiger partial charge in [-0.15, -0.1) is 11.6 Å². The number of halogens is 2. The molecule has 0 saturated carbocycles. The van der Waals surface area contributed by atoms with Gasteiger partial charge in [0.05, 0.1) is 19.6 Å². The Hall–Kier alpha value is -1.74. The minimum atomic E-state index is -0.332. The molecule has 0 spiro atoms. The number of rotatable bonds is 5. The van der Waals surface area contributed by atoms with E-state index in [0.717, 1.165) is 11.1 Å². The molecule has 0 amide bonds. The third kappa shape index (κ3) is 3.48. The number of hydrogen-bond donors (Lipinski definition) is 0. The van der Waals surface area contributed by atoms with Crippen LogP contribution in [0.2, 0.25) is 0 Å². The predicted octanol–water partition coefficient (Wildman–Crippen LogP) is 4.67. The zero-order valence-electron chi connectivity index (χ0n) is 12.3. The Morgan fingerprint density at radius 1 is 1.10 bits per heavy atom. The second kappa shape index (κ2) is 6.81. The summed E-state index contributed by atoms with van der Waals surface area (Å²) in [6.45, 7) is 1.95. The molecule has 4 heteroatoms. The molecule has 0 saturated heterocycles. The normalized spacial score (nSPS) is 12.0. The van der Waals surface area contributed by atoms with E-state index in [1.807, 2.05) is 25.1 Å². The quantitative estimate of drug-likeness (QED) is 0.747. The zero-order chi connectivity index (χ0) is 15.4. The van der Waals surface area contributed by atoms with Crippen molar-refractivity contribution in [1.82, 2.24) is 0 Å². The Bertz CT molecular complexity index is 628. The van der Waals surface area contributed by atoms with E-state index in [0.29, 0.717) is 23.5 Å². The minimum absolute atomic E-state index is 0.235. The summed E-state index contributed by atoms with van der Waals surface area (Å²) in [4.78, 5) is 0. The van der Waals surface area contributed by atoms with Crippen LogP contribution in [0.1, 0.15) is 22.1 Å². The molecule has 0 aromatic heterocycles. The van der Waals surface area contributed by atoms with Crippen LogP contribution in [0.5, 0.6) is 11.5 Å². The molecule has 0 aliphatic carbocycles. The number of alkyl halides is 1. The maximum absolute atomic E-state index is 13.7. The zero-order valence-corrected chi connectivity index (χ0v) is 13.1. The van der Waals surface area contributed by atoms with Gasteiger partial charge in [-0.05, 0) is 48.2 Å². The van der Waals surface area contributed by atoms with Gasteiger partial charge in [-0.2, -0.15) is 0 Å². The van der Waals surface area contributed by atoms with Gasteiger partial charge in [0.2, 0.25) is 0 Å². The lowest BCUT2D eigenvalue weighted by Gasteiger charge is -2.17. The van der Waals surface area contributed by atoms with Crippen molar-refractivity contribution in [2.24, 2.45) is 0 Å². The Labute approximate surface area is 129 Å². The molecule has 21 heavy (non-hydrogen) atoms. The summed E-state index contributed by atoms with van der Waals surface area (Å²) < 4.78 is 24.3. The van der Waals surface area contributed by atoms with Crippen molar-refractivity contribution in [1.29, 1.82) is 0 Å². The van der Waals surface area contributed by atoms with Gasteiger partial charge in [0.15, 0.2) is 11.5 Å². The summed E-state index contributed by atoms with van der Waals surface area (Å²) in [5.41, 5.74) is 2.51. The topological polar surface area (TPSA) is 18.5 Å². The Morgan fingerprint density at radius 2 is 1.71 bits per heavy atom. The Kier molecular flexibility index (Phi) is 5.07. The molecular formula is C17H18ClFO2. The molecule has 0 bridgehead atoms. The summed E-state index contributed by atoms with van der Waals surface area (Å²) in [6, 6.07) is 10.4. The Morgan fingerprint density at radius 3 is 2.33 bits per heavy atom. The highest BCUT2D eigenvalue weighted by atomic mass is 35.5. The second-order valence-corrected chi connectivity index (χ2v) is 5.35. The SMILES string of the molecule is COc1cc(C)c(C(Cl)Cc2ccccc2F)cc1OC. The summed E-state index contributed by atoms with van der Waals surface area (Å²) >= 11 is 6.48. The standard InChI is InChI=1S/C17H18ClFO2/c1-11-8-16(20-2)17(21-3)10-13(11)14(18)9-12-6-4-5-7-15(12)19/h4-8,10,14H,9H2,1-3H3. The van der Waals surface area contributed by atoms with E-state index in [1.54, 1.807) is 26.4 Å². The van der Waals surface area contributed by atoms with Gasteiger partial charge >= 0.3 is 0 Å². The van der Waals surface area contributed by atoms with E-state index >= 15 is 0 Å². The first-order valence-electron chi connectivity index (χ1n) is 6.66. The molecule has 112 valence electrons. The first-order chi connectivity index (χ1) is 10.1. The molecular weight excluding hydrogens is 291 g/mol. The average Bonchev–Trinajstić information content (AvgIpc) is 2.49. The van der Waals surface area contributed by atoms with Crippen molar-refractivity contribution in [2.75, 3.05) is 14.2 Å². The highest BCUT2D eigenvalue weighted by Gasteiger charge is 2.17. The van der Waals surface area contributed by atoms with Gasteiger partial charge in [0.1, 0.15) is 5.82 Å². The van der Waals surface area contributed by atoms with Gasteiger partial charge in [-0.1, -0.05) is 18.2 Å². The first kappa shape index (κ1) is 15.6. The highest BCUT2D eigenvalue weighted by molar-refractivity contribution is 6.21. The van der Waals surface area contributed by atoms with Gasteiger partial charge in [-0.3, -0.25) is 0 Å². The van der Waals surface area contributed by atoms with Crippen LogP contribution >= 0.6 is 11.6 Å². The lowest BCUT2D eigenvalue weighted by atomic mass is 9.99. The third-order valence-electron chi connectivity index (χ3n) is 3.47. The molecule has 2 aromatic rings.